The zero-order valence-electron chi connectivity index (χ0n) is 10.2. The van der Waals surface area contributed by atoms with Crippen LogP contribution in [-0.4, -0.2) is 63.7 Å². The minimum absolute atomic E-state index is 0.0773. The van der Waals surface area contributed by atoms with Crippen molar-refractivity contribution in [1.29, 1.82) is 0 Å². The molecular formula is C10H21N3O3. The number of ether oxygens (including phenoxy) is 1. The van der Waals surface area contributed by atoms with E-state index in [0.717, 1.165) is 6.54 Å². The van der Waals surface area contributed by atoms with Crippen molar-refractivity contribution < 1.29 is 14.3 Å². The molecule has 0 aliphatic rings. The molecule has 0 radical (unpaired) electrons. The number of likely N-dealkylation sites (N-methyl/N-ethyl adjacent to an activating group) is 2. The van der Waals surface area contributed by atoms with Gasteiger partial charge in [0.1, 0.15) is 0 Å². The zero-order valence-corrected chi connectivity index (χ0v) is 10.2. The Bertz CT molecular complexity index is 221. The standard InChI is InChI=1S/C10H21N3O3/c1-4-11-7-10(15)13(2)8-9(14)12-5-6-16-3/h11H,4-8H2,1-3H3,(H,12,14). The van der Waals surface area contributed by atoms with Gasteiger partial charge in [0.25, 0.3) is 0 Å². The normalized spacial score (nSPS) is 9.94. The number of nitrogens with zero attached hydrogens (tertiary/aromatic N) is 1. The van der Waals surface area contributed by atoms with E-state index in [1.165, 1.54) is 4.90 Å². The van der Waals surface area contributed by atoms with Crippen LogP contribution in [0.2, 0.25) is 0 Å². The molecule has 16 heavy (non-hydrogen) atoms. The molecule has 0 spiro atoms. The molecule has 0 aromatic carbocycles. The van der Waals surface area contributed by atoms with Crippen LogP contribution in [0.3, 0.4) is 0 Å². The van der Waals surface area contributed by atoms with Crippen molar-refractivity contribution in [3.8, 4) is 0 Å². The van der Waals surface area contributed by atoms with Crippen LogP contribution in [0.1, 0.15) is 6.92 Å². The van der Waals surface area contributed by atoms with Gasteiger partial charge in [-0.2, -0.15) is 0 Å². The summed E-state index contributed by atoms with van der Waals surface area (Å²) in [5.74, 6) is -0.270. The third-order valence-corrected chi connectivity index (χ3v) is 1.96. The quantitative estimate of drug-likeness (QED) is 0.516. The average Bonchev–Trinajstić information content (AvgIpc) is 2.26. The Morgan fingerprint density at radius 3 is 2.62 bits per heavy atom. The molecule has 2 amide bonds. The molecule has 2 N–H and O–H groups in total. The molecule has 0 rings (SSSR count). The summed E-state index contributed by atoms with van der Waals surface area (Å²) in [5, 5.41) is 5.56. The van der Waals surface area contributed by atoms with Gasteiger partial charge in [-0.05, 0) is 6.54 Å². The van der Waals surface area contributed by atoms with Crippen LogP contribution in [-0.2, 0) is 14.3 Å². The van der Waals surface area contributed by atoms with Crippen molar-refractivity contribution in [3.05, 3.63) is 0 Å². The van der Waals surface area contributed by atoms with Crippen LogP contribution >= 0.6 is 0 Å². The highest BCUT2D eigenvalue weighted by Gasteiger charge is 2.11. The van der Waals surface area contributed by atoms with E-state index in [9.17, 15) is 9.59 Å². The summed E-state index contributed by atoms with van der Waals surface area (Å²) >= 11 is 0. The number of rotatable bonds is 8. The van der Waals surface area contributed by atoms with Crippen molar-refractivity contribution in [2.24, 2.45) is 0 Å². The van der Waals surface area contributed by atoms with E-state index >= 15 is 0 Å². The Balaban J connectivity index is 3.71. The molecule has 0 saturated carbocycles. The van der Waals surface area contributed by atoms with Gasteiger partial charge in [0.2, 0.25) is 11.8 Å². The van der Waals surface area contributed by atoms with Crippen molar-refractivity contribution in [3.63, 3.8) is 0 Å². The molecule has 0 bridgehead atoms. The van der Waals surface area contributed by atoms with Crippen LogP contribution in [0.5, 0.6) is 0 Å². The number of carbonyl (C=O) groups is 2. The van der Waals surface area contributed by atoms with Crippen molar-refractivity contribution in [2.45, 2.75) is 6.92 Å². The lowest BCUT2D eigenvalue weighted by Gasteiger charge is -2.16. The summed E-state index contributed by atoms with van der Waals surface area (Å²) < 4.78 is 4.79. The SMILES string of the molecule is CCNCC(=O)N(C)CC(=O)NCCOC. The summed E-state index contributed by atoms with van der Waals surface area (Å²) in [6, 6.07) is 0. The molecule has 0 aromatic rings. The number of carbonyl (C=O) groups excluding carboxylic acids is 2. The molecule has 0 atom stereocenters. The molecule has 0 unspecified atom stereocenters. The van der Waals surface area contributed by atoms with Gasteiger partial charge < -0.3 is 20.3 Å². The highest BCUT2D eigenvalue weighted by Crippen LogP contribution is 1.83. The third-order valence-electron chi connectivity index (χ3n) is 1.96. The number of methoxy groups -OCH3 is 1. The van der Waals surface area contributed by atoms with E-state index < -0.39 is 0 Å². The second-order valence-corrected chi connectivity index (χ2v) is 3.37. The maximum Gasteiger partial charge on any atom is 0.239 e. The summed E-state index contributed by atoms with van der Waals surface area (Å²) in [4.78, 5) is 24.1. The number of hydrogen-bond acceptors (Lipinski definition) is 4. The Labute approximate surface area is 96.3 Å². The molecule has 0 heterocycles. The maximum atomic E-state index is 11.4. The second-order valence-electron chi connectivity index (χ2n) is 3.37. The molecular weight excluding hydrogens is 210 g/mol. The minimum Gasteiger partial charge on any atom is -0.383 e. The highest BCUT2D eigenvalue weighted by molar-refractivity contribution is 5.85. The first-order valence-corrected chi connectivity index (χ1v) is 5.32. The molecule has 0 aromatic heterocycles. The topological polar surface area (TPSA) is 70.7 Å². The Morgan fingerprint density at radius 1 is 1.38 bits per heavy atom. The van der Waals surface area contributed by atoms with Crippen LogP contribution in [0.4, 0.5) is 0 Å². The van der Waals surface area contributed by atoms with Crippen LogP contribution in [0.25, 0.3) is 0 Å². The van der Waals surface area contributed by atoms with Crippen LogP contribution in [0, 0.1) is 0 Å². The largest absolute Gasteiger partial charge is 0.383 e. The number of nitrogens with one attached hydrogen (secondary N) is 2. The van der Waals surface area contributed by atoms with E-state index in [1.54, 1.807) is 14.2 Å². The highest BCUT2D eigenvalue weighted by atomic mass is 16.5. The smallest absolute Gasteiger partial charge is 0.239 e. The summed E-state index contributed by atoms with van der Waals surface area (Å²) in [7, 11) is 3.17. The monoisotopic (exact) mass is 231 g/mol. The Hall–Kier alpha value is -1.14. The summed E-state index contributed by atoms with van der Waals surface area (Å²) in [5.41, 5.74) is 0. The lowest BCUT2D eigenvalue weighted by Crippen LogP contribution is -2.42. The Morgan fingerprint density at radius 2 is 2.06 bits per heavy atom. The van der Waals surface area contributed by atoms with Gasteiger partial charge in [-0.3, -0.25) is 9.59 Å². The van der Waals surface area contributed by atoms with Gasteiger partial charge in [0.15, 0.2) is 0 Å². The van der Waals surface area contributed by atoms with Crippen LogP contribution < -0.4 is 10.6 Å². The average molecular weight is 231 g/mol. The molecule has 0 fully saturated rings. The third kappa shape index (κ3) is 7.19. The van der Waals surface area contributed by atoms with E-state index in [-0.39, 0.29) is 24.9 Å². The van der Waals surface area contributed by atoms with E-state index in [0.29, 0.717) is 13.2 Å². The first-order valence-electron chi connectivity index (χ1n) is 5.32. The van der Waals surface area contributed by atoms with Gasteiger partial charge in [-0.25, -0.2) is 0 Å². The fraction of sp³-hybridized carbons (Fsp3) is 0.800. The molecule has 0 aliphatic carbocycles. The number of amides is 2. The molecule has 0 saturated heterocycles. The molecule has 0 aliphatic heterocycles. The van der Waals surface area contributed by atoms with Gasteiger partial charge in [0.05, 0.1) is 19.7 Å². The van der Waals surface area contributed by atoms with Crippen molar-refractivity contribution in [1.82, 2.24) is 15.5 Å². The zero-order chi connectivity index (χ0) is 12.4. The Kier molecular flexibility index (Phi) is 8.46. The summed E-state index contributed by atoms with van der Waals surface area (Å²) in [6.07, 6.45) is 0. The van der Waals surface area contributed by atoms with Gasteiger partial charge in [-0.1, -0.05) is 6.92 Å². The lowest BCUT2D eigenvalue weighted by atomic mass is 10.4. The van der Waals surface area contributed by atoms with Crippen molar-refractivity contribution in [2.75, 3.05) is 46.9 Å². The van der Waals surface area contributed by atoms with Gasteiger partial charge >= 0.3 is 0 Å². The first kappa shape index (κ1) is 14.9. The lowest BCUT2D eigenvalue weighted by molar-refractivity contribution is -0.134. The van der Waals surface area contributed by atoms with Gasteiger partial charge in [0, 0.05) is 20.7 Å². The number of hydrogen-bond donors (Lipinski definition) is 2. The van der Waals surface area contributed by atoms with E-state index in [1.807, 2.05) is 6.92 Å². The fourth-order valence-corrected chi connectivity index (χ4v) is 1.02. The summed E-state index contributed by atoms with van der Waals surface area (Å²) in [6.45, 7) is 3.93. The first-order chi connectivity index (χ1) is 7.61. The maximum absolute atomic E-state index is 11.4. The predicted molar refractivity (Wildman–Crippen MR) is 61.1 cm³/mol. The molecule has 6 nitrogen and oxygen atoms in total. The second kappa shape index (κ2) is 9.11. The molecule has 94 valence electrons. The molecule has 6 heteroatoms. The van der Waals surface area contributed by atoms with Gasteiger partial charge in [-0.15, -0.1) is 0 Å². The fourth-order valence-electron chi connectivity index (χ4n) is 1.02. The van der Waals surface area contributed by atoms with E-state index in [2.05, 4.69) is 10.6 Å². The van der Waals surface area contributed by atoms with Crippen LogP contribution in [0.15, 0.2) is 0 Å². The predicted octanol–water partition coefficient (Wildman–Crippen LogP) is -1.18. The van der Waals surface area contributed by atoms with E-state index in [4.69, 9.17) is 4.74 Å². The minimum atomic E-state index is -0.176. The van der Waals surface area contributed by atoms with Crippen molar-refractivity contribution >= 4 is 11.8 Å².